The summed E-state index contributed by atoms with van der Waals surface area (Å²) in [5.74, 6) is 0. The molecule has 27 heavy (non-hydrogen) atoms. The number of rotatable bonds is 3. The van der Waals surface area contributed by atoms with Gasteiger partial charge in [-0.15, -0.1) is 0 Å². The van der Waals surface area contributed by atoms with E-state index in [1.165, 1.54) is 0 Å². The highest BCUT2D eigenvalue weighted by Crippen LogP contribution is 2.17. The van der Waals surface area contributed by atoms with Gasteiger partial charge in [-0.25, -0.2) is 0 Å². The molecule has 3 nitrogen and oxygen atoms in total. The molecule has 0 aromatic heterocycles. The van der Waals surface area contributed by atoms with Gasteiger partial charge in [0.25, 0.3) is 0 Å². The van der Waals surface area contributed by atoms with E-state index in [0.717, 1.165) is 0 Å². The lowest BCUT2D eigenvalue weighted by molar-refractivity contribution is 0.308. The van der Waals surface area contributed by atoms with Crippen LogP contribution in [0.25, 0.3) is 0 Å². The Labute approximate surface area is 173 Å². The lowest BCUT2D eigenvalue weighted by atomic mass is 9.61. The maximum absolute atomic E-state index is 6.35. The average molecular weight is 415 g/mol. The van der Waals surface area contributed by atoms with Crippen molar-refractivity contribution < 1.29 is 13.7 Å². The Hall–Kier alpha value is -1.40. The Balaban J connectivity index is 1.74. The van der Waals surface area contributed by atoms with E-state index in [2.05, 4.69) is 0 Å². The van der Waals surface area contributed by atoms with E-state index < -0.39 is 21.4 Å². The first-order valence-electron chi connectivity index (χ1n) is 8.33. The molecule has 0 bridgehead atoms. The molecule has 9 heteroatoms. The summed E-state index contributed by atoms with van der Waals surface area (Å²) < 4.78 is 18.2. The van der Waals surface area contributed by atoms with Crippen molar-refractivity contribution in [3.8, 4) is 0 Å². The highest BCUT2D eigenvalue weighted by atomic mass is 35.5. The predicted molar refractivity (Wildman–Crippen MR) is 114 cm³/mol. The third-order valence-electron chi connectivity index (χ3n) is 4.22. The zero-order valence-corrected chi connectivity index (χ0v) is 16.3. The van der Waals surface area contributed by atoms with Crippen molar-refractivity contribution in [3.63, 3.8) is 0 Å². The predicted octanol–water partition coefficient (Wildman–Crippen LogP) is 3.20. The molecule has 1 heterocycles. The van der Waals surface area contributed by atoms with Gasteiger partial charge >= 0.3 is 21.4 Å². The van der Waals surface area contributed by atoms with Crippen molar-refractivity contribution in [1.29, 1.82) is 0 Å². The molecule has 0 saturated carbocycles. The Morgan fingerprint density at radius 2 is 0.704 bits per heavy atom. The number of hydrogen-bond acceptors (Lipinski definition) is 3. The lowest BCUT2D eigenvalue weighted by Crippen LogP contribution is -2.61. The molecule has 4 rings (SSSR count). The minimum atomic E-state index is -0.741. The van der Waals surface area contributed by atoms with Crippen LogP contribution in [-0.2, 0) is 13.7 Å². The molecule has 0 radical (unpaired) electrons. The quantitative estimate of drug-likeness (QED) is 0.616. The fraction of sp³-hybridized carbons (Fsp3) is 0. The van der Waals surface area contributed by atoms with Gasteiger partial charge in [-0.2, -0.15) is 0 Å². The van der Waals surface area contributed by atoms with Crippen molar-refractivity contribution in [2.24, 2.45) is 0 Å². The SMILES string of the molecule is Clc1ccccc1B1OB(c2ccccc2Cl)OB(c2ccccc2Cl)O1. The maximum Gasteiger partial charge on any atom is 0.468 e. The molecule has 132 valence electrons. The minimum Gasteiger partial charge on any atom is -0.445 e. The second kappa shape index (κ2) is 8.32. The van der Waals surface area contributed by atoms with Crippen LogP contribution in [0.2, 0.25) is 15.1 Å². The number of halogens is 3. The summed E-state index contributed by atoms with van der Waals surface area (Å²) in [4.78, 5) is 0. The van der Waals surface area contributed by atoms with Gasteiger partial charge in [-0.1, -0.05) is 89.4 Å². The number of hydrogen-bond donors (Lipinski definition) is 0. The molecular weight excluding hydrogens is 403 g/mol. The molecule has 3 aromatic carbocycles. The van der Waals surface area contributed by atoms with Crippen LogP contribution in [-0.4, -0.2) is 21.4 Å². The molecular formula is C18H12B3Cl3O3. The van der Waals surface area contributed by atoms with Crippen LogP contribution in [0.4, 0.5) is 0 Å². The summed E-state index contributed by atoms with van der Waals surface area (Å²) in [5, 5.41) is 1.63. The fourth-order valence-electron chi connectivity index (χ4n) is 2.87. The molecule has 1 fully saturated rings. The van der Waals surface area contributed by atoms with Gasteiger partial charge in [0.15, 0.2) is 0 Å². The Morgan fingerprint density at radius 3 is 0.963 bits per heavy atom. The fourth-order valence-corrected chi connectivity index (χ4v) is 3.55. The van der Waals surface area contributed by atoms with Crippen LogP contribution in [0, 0.1) is 0 Å². The zero-order chi connectivity index (χ0) is 18.8. The first-order valence-corrected chi connectivity index (χ1v) is 9.46. The van der Waals surface area contributed by atoms with Crippen LogP contribution >= 0.6 is 34.8 Å². The van der Waals surface area contributed by atoms with Crippen LogP contribution in [0.5, 0.6) is 0 Å². The largest absolute Gasteiger partial charge is 0.468 e. The molecule has 0 aliphatic carbocycles. The molecule has 0 N–H and O–H groups in total. The number of benzene rings is 3. The Morgan fingerprint density at radius 1 is 0.444 bits per heavy atom. The summed E-state index contributed by atoms with van der Waals surface area (Å²) in [7, 11) is -2.22. The normalized spacial score (nSPS) is 14.6. The van der Waals surface area contributed by atoms with E-state index >= 15 is 0 Å². The van der Waals surface area contributed by atoms with Gasteiger partial charge in [-0.3, -0.25) is 0 Å². The standard InChI is InChI=1S/C18H12B3Cl3O3/c22-16-10-4-1-7-13(16)19-25-20(14-8-2-5-11-17(14)23)27-21(26-19)15-9-3-6-12-18(15)24/h1-12H. The highest BCUT2D eigenvalue weighted by molar-refractivity contribution is 6.88. The topological polar surface area (TPSA) is 27.7 Å². The van der Waals surface area contributed by atoms with Gasteiger partial charge in [0.05, 0.1) is 0 Å². The summed E-state index contributed by atoms with van der Waals surface area (Å²) in [6, 6.07) is 22.1. The van der Waals surface area contributed by atoms with Gasteiger partial charge in [0, 0.05) is 15.1 Å². The van der Waals surface area contributed by atoms with E-state index in [-0.39, 0.29) is 0 Å². The van der Waals surface area contributed by atoms with Crippen LogP contribution in [0.15, 0.2) is 72.8 Å². The van der Waals surface area contributed by atoms with Crippen molar-refractivity contribution in [1.82, 2.24) is 0 Å². The molecule has 0 spiro atoms. The Kier molecular flexibility index (Phi) is 5.83. The Bertz CT molecular complexity index is 831. The second-order valence-corrected chi connectivity index (χ2v) is 7.19. The van der Waals surface area contributed by atoms with Crippen molar-refractivity contribution >= 4 is 72.5 Å². The first-order chi connectivity index (χ1) is 13.1. The molecule has 0 atom stereocenters. The van der Waals surface area contributed by atoms with Crippen molar-refractivity contribution in [2.75, 3.05) is 0 Å². The van der Waals surface area contributed by atoms with E-state index in [9.17, 15) is 0 Å². The first kappa shape index (κ1) is 18.9. The molecule has 0 unspecified atom stereocenters. The average Bonchev–Trinajstić information content (AvgIpc) is 2.69. The van der Waals surface area contributed by atoms with Crippen molar-refractivity contribution in [3.05, 3.63) is 87.9 Å². The summed E-state index contributed by atoms with van der Waals surface area (Å²) in [5.41, 5.74) is 2.12. The maximum atomic E-state index is 6.35. The van der Waals surface area contributed by atoms with Gasteiger partial charge in [-0.05, 0) is 34.6 Å². The van der Waals surface area contributed by atoms with Crippen LogP contribution in [0.3, 0.4) is 0 Å². The monoisotopic (exact) mass is 414 g/mol. The molecule has 1 aliphatic rings. The van der Waals surface area contributed by atoms with E-state index in [1.54, 1.807) is 18.2 Å². The van der Waals surface area contributed by atoms with Crippen LogP contribution < -0.4 is 16.4 Å². The lowest BCUT2D eigenvalue weighted by Gasteiger charge is -2.32. The summed E-state index contributed by atoms with van der Waals surface area (Å²) in [6.07, 6.45) is 0. The molecule has 1 aliphatic heterocycles. The second-order valence-electron chi connectivity index (χ2n) is 5.97. The summed E-state index contributed by atoms with van der Waals surface area (Å²) in [6.45, 7) is 0. The van der Waals surface area contributed by atoms with Crippen molar-refractivity contribution in [2.45, 2.75) is 0 Å². The molecule has 0 amide bonds. The van der Waals surface area contributed by atoms with Gasteiger partial charge in [0.1, 0.15) is 0 Å². The minimum absolute atomic E-state index is 0.542. The third kappa shape index (κ3) is 4.07. The van der Waals surface area contributed by atoms with E-state index in [1.807, 2.05) is 54.6 Å². The van der Waals surface area contributed by atoms with Gasteiger partial charge in [0.2, 0.25) is 0 Å². The zero-order valence-electron chi connectivity index (χ0n) is 14.0. The third-order valence-corrected chi connectivity index (χ3v) is 5.25. The van der Waals surface area contributed by atoms with Gasteiger partial charge < -0.3 is 13.7 Å². The summed E-state index contributed by atoms with van der Waals surface area (Å²) >= 11 is 19.1. The van der Waals surface area contributed by atoms with Crippen LogP contribution in [0.1, 0.15) is 0 Å². The smallest absolute Gasteiger partial charge is 0.445 e. The van der Waals surface area contributed by atoms with E-state index in [4.69, 9.17) is 48.5 Å². The molecule has 3 aromatic rings. The highest BCUT2D eigenvalue weighted by Gasteiger charge is 2.45. The van der Waals surface area contributed by atoms with E-state index in [0.29, 0.717) is 31.5 Å². The molecule has 1 saturated heterocycles.